The molecule has 0 radical (unpaired) electrons. The molecular formula is C62H43B2NO5. The summed E-state index contributed by atoms with van der Waals surface area (Å²) in [6, 6.07) is 54.3. The van der Waals surface area contributed by atoms with Gasteiger partial charge in [0.05, 0.1) is 22.5 Å². The van der Waals surface area contributed by atoms with E-state index in [4.69, 9.17) is 23.0 Å². The molecule has 0 atom stereocenters. The number of rotatable bonds is 2. The minimum Gasteiger partial charge on any atom is -0.457 e. The molecule has 2 aromatic heterocycles. The minimum absolute atomic E-state index is 0.177. The molecule has 0 amide bonds. The molecule has 5 aliphatic heterocycles. The van der Waals surface area contributed by atoms with Crippen molar-refractivity contribution in [3.8, 4) is 56.8 Å². The number of fused-ring (bicyclic) bond motifs is 12. The summed E-state index contributed by atoms with van der Waals surface area (Å²) in [5.41, 5.74) is 19.4. The van der Waals surface area contributed by atoms with E-state index in [9.17, 15) is 0 Å². The van der Waals surface area contributed by atoms with Gasteiger partial charge in [0.15, 0.2) is 11.5 Å². The third-order valence-electron chi connectivity index (χ3n) is 15.8. The van der Waals surface area contributed by atoms with Crippen molar-refractivity contribution in [2.45, 2.75) is 52.4 Å². The summed E-state index contributed by atoms with van der Waals surface area (Å²) < 4.78 is 36.4. The molecule has 332 valence electrons. The quantitative estimate of drug-likeness (QED) is 0.161. The first-order valence-corrected chi connectivity index (χ1v) is 24.5. The molecule has 6 nitrogen and oxygen atoms in total. The van der Waals surface area contributed by atoms with E-state index in [1.807, 2.05) is 12.1 Å². The number of hydrogen-bond donors (Lipinski definition) is 0. The molecule has 0 spiro atoms. The Morgan fingerprint density at radius 2 is 0.814 bits per heavy atom. The molecule has 9 aromatic carbocycles. The lowest BCUT2D eigenvalue weighted by molar-refractivity contribution is 0.464. The van der Waals surface area contributed by atoms with E-state index in [-0.39, 0.29) is 24.3 Å². The Balaban J connectivity index is 1.08. The largest absolute Gasteiger partial charge is 0.457 e. The molecule has 0 N–H and O–H groups in total. The predicted octanol–water partition coefficient (Wildman–Crippen LogP) is 12.9. The fourth-order valence-corrected chi connectivity index (χ4v) is 12.6. The Kier molecular flexibility index (Phi) is 7.19. The number of para-hydroxylation sites is 2. The maximum absolute atomic E-state index is 7.59. The second kappa shape index (κ2) is 13.0. The van der Waals surface area contributed by atoms with Crippen molar-refractivity contribution in [1.29, 1.82) is 0 Å². The van der Waals surface area contributed by atoms with E-state index < -0.39 is 0 Å². The molecule has 0 bridgehead atoms. The highest BCUT2D eigenvalue weighted by atomic mass is 16.5. The van der Waals surface area contributed by atoms with Crippen LogP contribution in [0.2, 0.25) is 0 Å². The molecule has 0 unspecified atom stereocenters. The Hall–Kier alpha value is -8.09. The van der Waals surface area contributed by atoms with Gasteiger partial charge in [0.1, 0.15) is 45.3 Å². The van der Waals surface area contributed by atoms with Crippen molar-refractivity contribution in [2.24, 2.45) is 0 Å². The number of benzene rings is 9. The zero-order valence-corrected chi connectivity index (χ0v) is 39.6. The van der Waals surface area contributed by atoms with Crippen LogP contribution in [0.1, 0.15) is 52.7 Å². The highest BCUT2D eigenvalue weighted by Gasteiger charge is 2.55. The molecule has 0 aliphatic carbocycles. The number of hydrogen-bond acceptors (Lipinski definition) is 6. The van der Waals surface area contributed by atoms with Crippen LogP contribution in [0, 0.1) is 0 Å². The SMILES string of the molecule is CC(C)(C)c1cc2c3c(c1)B1c4cc5c(oc6ccccc65)c(-c5ccccc5)c4Oc4cc5c6c(c41)N3c1c(cc(C(C)(C)C)cc1B6c1cc3c(oc4ccccc43)c(-c3ccccc3)c1O5)O2. The minimum atomic E-state index is -0.227. The highest BCUT2D eigenvalue weighted by molar-refractivity contribution is 7.04. The first kappa shape index (κ1) is 38.8. The van der Waals surface area contributed by atoms with Crippen LogP contribution in [-0.2, 0) is 10.8 Å². The number of nitrogens with zero attached hydrogens (tertiary/aromatic N) is 1. The average Bonchev–Trinajstić information content (AvgIpc) is 3.92. The maximum Gasteiger partial charge on any atom is 0.256 e. The zero-order valence-electron chi connectivity index (χ0n) is 39.6. The molecule has 0 saturated heterocycles. The highest BCUT2D eigenvalue weighted by Crippen LogP contribution is 2.57. The van der Waals surface area contributed by atoms with E-state index in [0.29, 0.717) is 0 Å². The van der Waals surface area contributed by atoms with Crippen LogP contribution < -0.4 is 51.9 Å². The molecule has 8 heteroatoms. The third kappa shape index (κ3) is 4.90. The Morgan fingerprint density at radius 1 is 0.386 bits per heavy atom. The van der Waals surface area contributed by atoms with Crippen LogP contribution in [0.5, 0.6) is 34.5 Å². The zero-order chi connectivity index (χ0) is 46.7. The smallest absolute Gasteiger partial charge is 0.256 e. The number of anilines is 3. The average molecular weight is 904 g/mol. The molecule has 0 saturated carbocycles. The van der Waals surface area contributed by atoms with Gasteiger partial charge in [0.2, 0.25) is 0 Å². The van der Waals surface area contributed by atoms with Gasteiger partial charge in [-0.05, 0) is 90.1 Å². The van der Waals surface area contributed by atoms with Gasteiger partial charge in [-0.15, -0.1) is 0 Å². The van der Waals surface area contributed by atoms with Gasteiger partial charge in [-0.3, -0.25) is 0 Å². The molecule has 11 aromatic rings. The Morgan fingerprint density at radius 3 is 1.26 bits per heavy atom. The van der Waals surface area contributed by atoms with Crippen molar-refractivity contribution in [2.75, 3.05) is 4.90 Å². The van der Waals surface area contributed by atoms with E-state index in [1.54, 1.807) is 0 Å². The second-order valence-electron chi connectivity index (χ2n) is 21.9. The molecule has 7 heterocycles. The summed E-state index contributed by atoms with van der Waals surface area (Å²) in [4.78, 5) is 2.53. The van der Waals surface area contributed by atoms with Crippen LogP contribution in [0.3, 0.4) is 0 Å². The lowest BCUT2D eigenvalue weighted by Crippen LogP contribution is -2.67. The van der Waals surface area contributed by atoms with Gasteiger partial charge in [-0.2, -0.15) is 0 Å². The Bertz CT molecular complexity index is 3930. The fraction of sp³-hybridized carbons (Fsp3) is 0.129. The van der Waals surface area contributed by atoms with Gasteiger partial charge in [0, 0.05) is 33.3 Å². The Labute approximate surface area is 405 Å². The summed E-state index contributed by atoms with van der Waals surface area (Å²) >= 11 is 0. The van der Waals surface area contributed by atoms with Crippen molar-refractivity contribution < 1.29 is 23.0 Å². The molecule has 5 aliphatic rings. The number of furan rings is 2. The van der Waals surface area contributed by atoms with Gasteiger partial charge in [-0.1, -0.05) is 163 Å². The van der Waals surface area contributed by atoms with Crippen LogP contribution in [-0.4, -0.2) is 13.4 Å². The summed E-state index contributed by atoms with van der Waals surface area (Å²) in [6.45, 7) is 13.3. The van der Waals surface area contributed by atoms with Crippen LogP contribution in [0.25, 0.3) is 66.1 Å². The predicted molar refractivity (Wildman–Crippen MR) is 286 cm³/mol. The van der Waals surface area contributed by atoms with Crippen molar-refractivity contribution in [3.63, 3.8) is 0 Å². The first-order chi connectivity index (χ1) is 34.0. The lowest BCUT2D eigenvalue weighted by atomic mass is 9.29. The van der Waals surface area contributed by atoms with Crippen LogP contribution >= 0.6 is 0 Å². The summed E-state index contributed by atoms with van der Waals surface area (Å²) in [7, 11) is 0. The van der Waals surface area contributed by atoms with E-state index in [2.05, 4.69) is 186 Å². The van der Waals surface area contributed by atoms with Crippen molar-refractivity contribution in [1.82, 2.24) is 0 Å². The van der Waals surface area contributed by atoms with Gasteiger partial charge in [-0.25, -0.2) is 0 Å². The standard InChI is InChI=1S/C62H43B2NO5/c1-61(2,3)34-25-40-54-48(27-34)66-49-28-35(62(4,5)6)26-41-55(49)65(54)56-52-46(69-59-42(63(40)52)29-38-36-21-13-15-23-44(36)67-57(38)50(59)32-17-9-7-10-18-32)31-47-53(56)64(41)43-30-39-37-22-14-16-24-45(37)68-58(39)51(60(43)70-47)33-19-11-8-12-20-33/h7-31H,1-6H3. The van der Waals surface area contributed by atoms with Crippen LogP contribution in [0.15, 0.2) is 160 Å². The van der Waals surface area contributed by atoms with E-state index >= 15 is 0 Å². The third-order valence-corrected chi connectivity index (χ3v) is 15.8. The fourth-order valence-electron chi connectivity index (χ4n) is 12.6. The van der Waals surface area contributed by atoms with Crippen molar-refractivity contribution >= 4 is 107 Å². The molecular weight excluding hydrogens is 860 g/mol. The summed E-state index contributed by atoms with van der Waals surface area (Å²) in [5.74, 6) is 4.83. The van der Waals surface area contributed by atoms with Crippen LogP contribution in [0.4, 0.5) is 17.1 Å². The van der Waals surface area contributed by atoms with E-state index in [0.717, 1.165) is 140 Å². The topological polar surface area (TPSA) is 57.2 Å². The molecule has 16 rings (SSSR count). The van der Waals surface area contributed by atoms with Gasteiger partial charge < -0.3 is 27.9 Å². The number of ether oxygens (including phenoxy) is 3. The lowest BCUT2D eigenvalue weighted by Gasteiger charge is -2.50. The van der Waals surface area contributed by atoms with E-state index in [1.165, 1.54) is 22.1 Å². The van der Waals surface area contributed by atoms with Gasteiger partial charge in [0.25, 0.3) is 13.4 Å². The summed E-state index contributed by atoms with van der Waals surface area (Å²) in [5, 5.41) is 4.28. The molecule has 0 fully saturated rings. The van der Waals surface area contributed by atoms with Crippen molar-refractivity contribution in [3.05, 3.63) is 163 Å². The normalized spacial score (nSPS) is 14.4. The molecule has 70 heavy (non-hydrogen) atoms. The maximum atomic E-state index is 7.59. The first-order valence-electron chi connectivity index (χ1n) is 24.5. The monoisotopic (exact) mass is 903 g/mol. The summed E-state index contributed by atoms with van der Waals surface area (Å²) in [6.07, 6.45) is 0. The second-order valence-corrected chi connectivity index (χ2v) is 21.9. The van der Waals surface area contributed by atoms with Gasteiger partial charge >= 0.3 is 0 Å².